The van der Waals surface area contributed by atoms with E-state index < -0.39 is 0 Å². The smallest absolute Gasteiger partial charge is 0.287 e. The summed E-state index contributed by atoms with van der Waals surface area (Å²) in [7, 11) is 0. The lowest BCUT2D eigenvalue weighted by atomic mass is 10.1. The molecule has 1 amide bonds. The molecule has 0 spiro atoms. The van der Waals surface area contributed by atoms with Gasteiger partial charge in [0.2, 0.25) is 0 Å². The van der Waals surface area contributed by atoms with Crippen LogP contribution in [-0.4, -0.2) is 15.5 Å². The first-order chi connectivity index (χ1) is 12.6. The number of imidazole rings is 1. The van der Waals surface area contributed by atoms with E-state index >= 15 is 0 Å². The lowest BCUT2D eigenvalue weighted by molar-refractivity contribution is 0.0913. The molecule has 5 nitrogen and oxygen atoms in total. The van der Waals surface area contributed by atoms with Crippen molar-refractivity contribution >= 4 is 16.9 Å². The molecule has 0 aliphatic rings. The van der Waals surface area contributed by atoms with Gasteiger partial charge in [-0.2, -0.15) is 0 Å². The van der Waals surface area contributed by atoms with Gasteiger partial charge < -0.3 is 14.3 Å². The molecule has 2 aromatic heterocycles. The maximum atomic E-state index is 12.7. The topological polar surface area (TPSA) is 60.1 Å². The van der Waals surface area contributed by atoms with Gasteiger partial charge in [-0.1, -0.05) is 30.3 Å². The summed E-state index contributed by atoms with van der Waals surface area (Å²) in [6.45, 7) is 3.87. The molecule has 0 aliphatic carbocycles. The van der Waals surface area contributed by atoms with Crippen LogP contribution in [-0.2, 0) is 0 Å². The van der Waals surface area contributed by atoms with Crippen LogP contribution in [0, 0.1) is 6.92 Å². The van der Waals surface area contributed by atoms with Gasteiger partial charge in [0.05, 0.1) is 12.4 Å². The van der Waals surface area contributed by atoms with Gasteiger partial charge in [0.15, 0.2) is 5.76 Å². The second-order valence-corrected chi connectivity index (χ2v) is 6.31. The van der Waals surface area contributed by atoms with Crippen molar-refractivity contribution < 1.29 is 9.21 Å². The van der Waals surface area contributed by atoms with Crippen molar-refractivity contribution in [1.82, 2.24) is 14.9 Å². The number of carbonyl (C=O) groups excluding carboxylic acids is 1. The molecular formula is C21H19N3O2. The molecule has 130 valence electrons. The largest absolute Gasteiger partial charge is 0.451 e. The van der Waals surface area contributed by atoms with E-state index in [9.17, 15) is 4.79 Å². The molecule has 5 heteroatoms. The van der Waals surface area contributed by atoms with Gasteiger partial charge in [-0.15, -0.1) is 0 Å². The summed E-state index contributed by atoms with van der Waals surface area (Å²) in [5.41, 5.74) is 3.64. The van der Waals surface area contributed by atoms with Crippen LogP contribution in [0.15, 0.2) is 71.7 Å². The average Bonchev–Trinajstić information content (AvgIpc) is 3.31. The van der Waals surface area contributed by atoms with Gasteiger partial charge in [0.25, 0.3) is 5.91 Å². The molecule has 0 bridgehead atoms. The Kier molecular flexibility index (Phi) is 4.05. The highest BCUT2D eigenvalue weighted by molar-refractivity contribution is 5.99. The van der Waals surface area contributed by atoms with E-state index in [-0.39, 0.29) is 11.9 Å². The minimum Gasteiger partial charge on any atom is -0.451 e. The Bertz CT molecular complexity index is 1050. The van der Waals surface area contributed by atoms with Crippen molar-refractivity contribution in [3.63, 3.8) is 0 Å². The molecule has 26 heavy (non-hydrogen) atoms. The fourth-order valence-electron chi connectivity index (χ4n) is 3.08. The Morgan fingerprint density at radius 2 is 1.92 bits per heavy atom. The summed E-state index contributed by atoms with van der Waals surface area (Å²) >= 11 is 0. The van der Waals surface area contributed by atoms with Crippen LogP contribution in [0.2, 0.25) is 0 Å². The molecule has 1 atom stereocenters. The summed E-state index contributed by atoms with van der Waals surface area (Å²) in [5, 5.41) is 3.98. The summed E-state index contributed by atoms with van der Waals surface area (Å²) in [5.74, 6) is 0.165. The van der Waals surface area contributed by atoms with Gasteiger partial charge in [-0.05, 0) is 37.6 Å². The van der Waals surface area contributed by atoms with Crippen molar-refractivity contribution in [3.05, 3.63) is 84.1 Å². The number of furan rings is 1. The van der Waals surface area contributed by atoms with Crippen LogP contribution in [0.5, 0.6) is 0 Å². The van der Waals surface area contributed by atoms with Gasteiger partial charge in [-0.25, -0.2) is 4.98 Å². The molecule has 0 radical (unpaired) electrons. The third kappa shape index (κ3) is 2.88. The zero-order chi connectivity index (χ0) is 18.1. The average molecular weight is 345 g/mol. The second-order valence-electron chi connectivity index (χ2n) is 6.31. The third-order valence-corrected chi connectivity index (χ3v) is 4.59. The van der Waals surface area contributed by atoms with Crippen molar-refractivity contribution in [1.29, 1.82) is 0 Å². The summed E-state index contributed by atoms with van der Waals surface area (Å²) in [6, 6.07) is 15.6. The molecule has 1 N–H and O–H groups in total. The molecular weight excluding hydrogens is 326 g/mol. The highest BCUT2D eigenvalue weighted by Crippen LogP contribution is 2.25. The third-order valence-electron chi connectivity index (χ3n) is 4.59. The molecule has 4 aromatic rings. The number of hydrogen-bond acceptors (Lipinski definition) is 3. The van der Waals surface area contributed by atoms with Crippen molar-refractivity contribution in [2.24, 2.45) is 0 Å². The van der Waals surface area contributed by atoms with E-state index in [0.29, 0.717) is 5.76 Å². The highest BCUT2D eigenvalue weighted by atomic mass is 16.3. The lowest BCUT2D eigenvalue weighted by Crippen LogP contribution is -2.26. The fourth-order valence-corrected chi connectivity index (χ4v) is 3.08. The minimum absolute atomic E-state index is 0.132. The molecule has 2 heterocycles. The Morgan fingerprint density at radius 1 is 1.15 bits per heavy atom. The number of carbonyl (C=O) groups is 1. The van der Waals surface area contributed by atoms with E-state index in [1.807, 2.05) is 73.1 Å². The molecule has 4 rings (SSSR count). The molecule has 0 aliphatic heterocycles. The summed E-state index contributed by atoms with van der Waals surface area (Å²) in [4.78, 5) is 16.7. The first kappa shape index (κ1) is 16.1. The number of nitrogens with one attached hydrogen (secondary N) is 1. The van der Waals surface area contributed by atoms with Crippen LogP contribution in [0.3, 0.4) is 0 Å². The highest BCUT2D eigenvalue weighted by Gasteiger charge is 2.19. The zero-order valence-electron chi connectivity index (χ0n) is 14.6. The van der Waals surface area contributed by atoms with Gasteiger partial charge in [0.1, 0.15) is 5.58 Å². The first-order valence-electron chi connectivity index (χ1n) is 8.51. The van der Waals surface area contributed by atoms with Crippen molar-refractivity contribution in [2.45, 2.75) is 19.9 Å². The van der Waals surface area contributed by atoms with Gasteiger partial charge in [-0.3, -0.25) is 4.79 Å². The molecule has 0 saturated carbocycles. The van der Waals surface area contributed by atoms with Gasteiger partial charge >= 0.3 is 0 Å². The van der Waals surface area contributed by atoms with Crippen molar-refractivity contribution in [3.8, 4) is 5.69 Å². The van der Waals surface area contributed by atoms with Crippen LogP contribution in [0.4, 0.5) is 0 Å². The number of fused-ring (bicyclic) bond motifs is 1. The monoisotopic (exact) mass is 345 g/mol. The fraction of sp³-hybridized carbons (Fsp3) is 0.143. The second kappa shape index (κ2) is 6.52. The SMILES string of the molecule is Cc1c(C(=O)N[C@H](C)c2ccc(-n3ccnc3)cc2)oc2ccccc12. The van der Waals surface area contributed by atoms with Crippen LogP contribution >= 0.6 is 0 Å². The number of hydrogen-bond donors (Lipinski definition) is 1. The van der Waals surface area contributed by atoms with E-state index in [2.05, 4.69) is 10.3 Å². The molecule has 0 saturated heterocycles. The Morgan fingerprint density at radius 3 is 2.62 bits per heavy atom. The van der Waals surface area contributed by atoms with Crippen LogP contribution in [0.25, 0.3) is 16.7 Å². The molecule has 2 aromatic carbocycles. The minimum atomic E-state index is -0.204. The van der Waals surface area contributed by atoms with E-state index in [0.717, 1.165) is 27.8 Å². The Hall–Kier alpha value is -3.34. The number of rotatable bonds is 4. The number of amides is 1. The first-order valence-corrected chi connectivity index (χ1v) is 8.51. The van der Waals surface area contributed by atoms with Crippen LogP contribution < -0.4 is 5.32 Å². The predicted molar refractivity (Wildman–Crippen MR) is 100 cm³/mol. The summed E-state index contributed by atoms with van der Waals surface area (Å²) in [6.07, 6.45) is 5.39. The summed E-state index contributed by atoms with van der Waals surface area (Å²) < 4.78 is 7.68. The Balaban J connectivity index is 1.52. The van der Waals surface area contributed by atoms with Gasteiger partial charge in [0, 0.05) is 29.0 Å². The number of benzene rings is 2. The maximum absolute atomic E-state index is 12.7. The van der Waals surface area contributed by atoms with Crippen molar-refractivity contribution in [2.75, 3.05) is 0 Å². The standard InChI is InChI=1S/C21H19N3O2/c1-14-18-5-3-4-6-19(18)26-20(14)21(25)23-15(2)16-7-9-17(10-8-16)24-12-11-22-13-24/h3-13,15H,1-2H3,(H,23,25)/t15-/m1/s1. The maximum Gasteiger partial charge on any atom is 0.287 e. The van der Waals surface area contributed by atoms with E-state index in [4.69, 9.17) is 4.42 Å². The normalized spacial score (nSPS) is 12.2. The molecule has 0 unspecified atom stereocenters. The molecule has 0 fully saturated rings. The Labute approximate surface area is 151 Å². The van der Waals surface area contributed by atoms with E-state index in [1.165, 1.54) is 0 Å². The predicted octanol–water partition coefficient (Wildman–Crippen LogP) is 4.42. The lowest BCUT2D eigenvalue weighted by Gasteiger charge is -2.14. The number of aryl methyl sites for hydroxylation is 1. The van der Waals surface area contributed by atoms with E-state index in [1.54, 1.807) is 12.5 Å². The zero-order valence-corrected chi connectivity index (χ0v) is 14.6. The number of nitrogens with zero attached hydrogens (tertiary/aromatic N) is 2. The number of aromatic nitrogens is 2. The number of para-hydroxylation sites is 1. The quantitative estimate of drug-likeness (QED) is 0.596. The van der Waals surface area contributed by atoms with Crippen LogP contribution in [0.1, 0.15) is 34.6 Å².